The zero-order valence-electron chi connectivity index (χ0n) is 9.70. The molecule has 0 spiro atoms. The lowest BCUT2D eigenvalue weighted by molar-refractivity contribution is 0.592. The summed E-state index contributed by atoms with van der Waals surface area (Å²) in [4.78, 5) is 0. The normalized spacial score (nSPS) is 13.6. The molecule has 96 valence electrons. The highest BCUT2D eigenvalue weighted by Crippen LogP contribution is 2.29. The van der Waals surface area contributed by atoms with Crippen molar-refractivity contribution in [1.82, 2.24) is 0 Å². The van der Waals surface area contributed by atoms with Crippen LogP contribution in [0, 0.1) is 0 Å². The van der Waals surface area contributed by atoms with E-state index in [1.165, 1.54) is 6.26 Å². The van der Waals surface area contributed by atoms with Gasteiger partial charge in [0.05, 0.1) is 0 Å². The van der Waals surface area contributed by atoms with Crippen LogP contribution in [0.3, 0.4) is 0 Å². The zero-order valence-corrected chi connectivity index (χ0v) is 12.0. The van der Waals surface area contributed by atoms with Crippen molar-refractivity contribution in [2.24, 2.45) is 0 Å². The van der Waals surface area contributed by atoms with Crippen LogP contribution < -0.4 is 0 Å². The van der Waals surface area contributed by atoms with Crippen molar-refractivity contribution in [3.8, 4) is 0 Å². The SMILES string of the molecule is CS(=O)(=O)CCCC(CCl)c1ccccc1Cl. The van der Waals surface area contributed by atoms with Crippen molar-refractivity contribution < 1.29 is 8.42 Å². The fourth-order valence-electron chi connectivity index (χ4n) is 1.71. The minimum Gasteiger partial charge on any atom is -0.229 e. The Morgan fingerprint density at radius 3 is 2.47 bits per heavy atom. The molecule has 0 aliphatic heterocycles. The predicted octanol–water partition coefficient (Wildman–Crippen LogP) is 3.49. The van der Waals surface area contributed by atoms with E-state index < -0.39 is 9.84 Å². The third kappa shape index (κ3) is 5.28. The minimum atomic E-state index is -2.90. The molecule has 1 aromatic carbocycles. The number of hydrogen-bond donors (Lipinski definition) is 0. The van der Waals surface area contributed by atoms with Crippen LogP contribution in [0.1, 0.15) is 24.3 Å². The second-order valence-electron chi connectivity index (χ2n) is 4.14. The van der Waals surface area contributed by atoms with Crippen LogP contribution in [0.5, 0.6) is 0 Å². The lowest BCUT2D eigenvalue weighted by atomic mass is 9.96. The Balaban J connectivity index is 2.64. The minimum absolute atomic E-state index is 0.118. The summed E-state index contributed by atoms with van der Waals surface area (Å²) < 4.78 is 22.1. The van der Waals surface area contributed by atoms with Crippen molar-refractivity contribution in [1.29, 1.82) is 0 Å². The summed E-state index contributed by atoms with van der Waals surface area (Å²) in [5, 5.41) is 0.692. The van der Waals surface area contributed by atoms with E-state index in [4.69, 9.17) is 23.2 Å². The van der Waals surface area contributed by atoms with Crippen LogP contribution in [-0.2, 0) is 9.84 Å². The zero-order chi connectivity index (χ0) is 12.9. The molecule has 0 aromatic heterocycles. The van der Waals surface area contributed by atoms with E-state index in [2.05, 4.69) is 0 Å². The van der Waals surface area contributed by atoms with E-state index in [9.17, 15) is 8.42 Å². The summed E-state index contributed by atoms with van der Waals surface area (Å²) in [5.41, 5.74) is 0.998. The number of halogens is 2. The molecule has 0 aliphatic rings. The molecule has 0 N–H and O–H groups in total. The van der Waals surface area contributed by atoms with Gasteiger partial charge >= 0.3 is 0 Å². The molecule has 1 rings (SSSR count). The fraction of sp³-hybridized carbons (Fsp3) is 0.500. The van der Waals surface area contributed by atoms with Crippen molar-refractivity contribution >= 4 is 33.0 Å². The summed E-state index contributed by atoms with van der Waals surface area (Å²) in [6.45, 7) is 0. The van der Waals surface area contributed by atoms with E-state index in [-0.39, 0.29) is 11.7 Å². The van der Waals surface area contributed by atoms with Crippen LogP contribution in [0.25, 0.3) is 0 Å². The molecule has 1 atom stereocenters. The van der Waals surface area contributed by atoms with Gasteiger partial charge in [-0.05, 0) is 30.4 Å². The highest BCUT2D eigenvalue weighted by molar-refractivity contribution is 7.90. The molecule has 0 saturated carbocycles. The number of hydrogen-bond acceptors (Lipinski definition) is 2. The van der Waals surface area contributed by atoms with E-state index in [0.29, 0.717) is 17.3 Å². The Labute approximate surface area is 113 Å². The van der Waals surface area contributed by atoms with E-state index in [1.54, 1.807) is 0 Å². The Morgan fingerprint density at radius 1 is 1.29 bits per heavy atom. The number of sulfone groups is 1. The second kappa shape index (κ2) is 6.62. The first-order valence-corrected chi connectivity index (χ1v) is 8.39. The molecule has 0 bridgehead atoms. The monoisotopic (exact) mass is 294 g/mol. The molecule has 5 heteroatoms. The predicted molar refractivity (Wildman–Crippen MR) is 73.9 cm³/mol. The van der Waals surface area contributed by atoms with Crippen molar-refractivity contribution in [3.63, 3.8) is 0 Å². The van der Waals surface area contributed by atoms with Gasteiger partial charge in [0.1, 0.15) is 9.84 Å². The molecule has 0 fully saturated rings. The summed E-state index contributed by atoms with van der Waals surface area (Å²) in [6, 6.07) is 7.55. The van der Waals surface area contributed by atoms with Gasteiger partial charge in [0.25, 0.3) is 0 Å². The van der Waals surface area contributed by atoms with Crippen molar-refractivity contribution in [2.75, 3.05) is 17.9 Å². The van der Waals surface area contributed by atoms with Crippen molar-refractivity contribution in [3.05, 3.63) is 34.9 Å². The Morgan fingerprint density at radius 2 is 1.94 bits per heavy atom. The molecule has 0 radical (unpaired) electrons. The number of benzene rings is 1. The molecular weight excluding hydrogens is 279 g/mol. The van der Waals surface area contributed by atoms with Crippen LogP contribution in [0.4, 0.5) is 0 Å². The molecule has 1 aromatic rings. The standard InChI is InChI=1S/C12H16Cl2O2S/c1-17(15,16)8-4-5-10(9-13)11-6-2-3-7-12(11)14/h2-3,6-7,10H,4-5,8-9H2,1H3. The lowest BCUT2D eigenvalue weighted by Gasteiger charge is -2.15. The van der Waals surface area contributed by atoms with E-state index in [0.717, 1.165) is 12.0 Å². The van der Waals surface area contributed by atoms with Gasteiger partial charge in [-0.15, -0.1) is 11.6 Å². The third-order valence-electron chi connectivity index (χ3n) is 2.60. The van der Waals surface area contributed by atoms with Gasteiger partial charge in [-0.25, -0.2) is 8.42 Å². The second-order valence-corrected chi connectivity index (χ2v) is 7.12. The first-order chi connectivity index (χ1) is 7.94. The fourth-order valence-corrected chi connectivity index (χ4v) is 3.02. The molecule has 0 amide bonds. The highest BCUT2D eigenvalue weighted by Gasteiger charge is 2.14. The summed E-state index contributed by atoms with van der Waals surface area (Å²) in [5.74, 6) is 0.769. The maximum Gasteiger partial charge on any atom is 0.147 e. The molecule has 0 saturated heterocycles. The largest absolute Gasteiger partial charge is 0.229 e. The van der Waals surface area contributed by atoms with Gasteiger partial charge in [-0.1, -0.05) is 29.8 Å². The van der Waals surface area contributed by atoms with Gasteiger partial charge in [0.2, 0.25) is 0 Å². The van der Waals surface area contributed by atoms with Gasteiger partial charge in [0, 0.05) is 22.9 Å². The average Bonchev–Trinajstić information content (AvgIpc) is 2.24. The smallest absolute Gasteiger partial charge is 0.147 e. The van der Waals surface area contributed by atoms with Crippen LogP contribution >= 0.6 is 23.2 Å². The lowest BCUT2D eigenvalue weighted by Crippen LogP contribution is -2.07. The van der Waals surface area contributed by atoms with Gasteiger partial charge in [-0.2, -0.15) is 0 Å². The molecule has 2 nitrogen and oxygen atoms in total. The first kappa shape index (κ1) is 14.8. The number of alkyl halides is 1. The van der Waals surface area contributed by atoms with Gasteiger partial charge in [0.15, 0.2) is 0 Å². The Kier molecular flexibility index (Phi) is 5.77. The first-order valence-electron chi connectivity index (χ1n) is 5.42. The Bertz CT molecular complexity index is 457. The summed E-state index contributed by atoms with van der Waals surface area (Å²) in [6.07, 6.45) is 2.60. The molecule has 17 heavy (non-hydrogen) atoms. The van der Waals surface area contributed by atoms with Crippen LogP contribution in [-0.4, -0.2) is 26.3 Å². The van der Waals surface area contributed by atoms with Gasteiger partial charge in [-0.3, -0.25) is 0 Å². The van der Waals surface area contributed by atoms with Gasteiger partial charge < -0.3 is 0 Å². The number of rotatable bonds is 6. The van der Waals surface area contributed by atoms with Crippen molar-refractivity contribution in [2.45, 2.75) is 18.8 Å². The van der Waals surface area contributed by atoms with E-state index in [1.807, 2.05) is 24.3 Å². The topological polar surface area (TPSA) is 34.1 Å². The summed E-state index contributed by atoms with van der Waals surface area (Å²) in [7, 11) is -2.90. The van der Waals surface area contributed by atoms with Crippen LogP contribution in [0.15, 0.2) is 24.3 Å². The quantitative estimate of drug-likeness (QED) is 0.753. The average molecular weight is 295 g/mol. The molecule has 0 heterocycles. The maximum absolute atomic E-state index is 11.0. The molecule has 0 aliphatic carbocycles. The summed E-state index contributed by atoms with van der Waals surface area (Å²) >= 11 is 12.0. The Hall–Kier alpha value is -0.250. The van der Waals surface area contributed by atoms with E-state index >= 15 is 0 Å². The molecular formula is C12H16Cl2O2S. The third-order valence-corrected chi connectivity index (χ3v) is 4.35. The molecule has 1 unspecified atom stereocenters. The highest BCUT2D eigenvalue weighted by atomic mass is 35.5. The van der Waals surface area contributed by atoms with Crippen LogP contribution in [0.2, 0.25) is 5.02 Å². The maximum atomic E-state index is 11.0.